The molecule has 114 valence electrons. The number of hydrogen-bond donors (Lipinski definition) is 1. The van der Waals surface area contributed by atoms with Crippen molar-refractivity contribution in [2.75, 3.05) is 7.05 Å². The number of thiophene rings is 1. The number of likely N-dealkylation sites (N-methyl/N-ethyl adjacent to an activating group) is 1. The van der Waals surface area contributed by atoms with Gasteiger partial charge in [-0.3, -0.25) is 0 Å². The molecule has 0 spiro atoms. The Kier molecular flexibility index (Phi) is 5.54. The van der Waals surface area contributed by atoms with E-state index in [0.29, 0.717) is 12.8 Å². The fourth-order valence-corrected chi connectivity index (χ4v) is 4.64. The van der Waals surface area contributed by atoms with Crippen molar-refractivity contribution in [3.63, 3.8) is 0 Å². The normalized spacial score (nSPS) is 25.6. The molecule has 1 fully saturated rings. The van der Waals surface area contributed by atoms with Crippen molar-refractivity contribution in [1.29, 1.82) is 0 Å². The van der Waals surface area contributed by atoms with Gasteiger partial charge < -0.3 is 5.32 Å². The Hall–Kier alpha value is -0.0700. The zero-order valence-corrected chi connectivity index (χ0v) is 13.7. The van der Waals surface area contributed by atoms with Crippen LogP contribution in [0.2, 0.25) is 0 Å². The molecule has 1 aromatic heterocycles. The number of rotatable bonds is 4. The molecular formula is C14H19BrF3NS. The van der Waals surface area contributed by atoms with E-state index in [-0.39, 0.29) is 18.4 Å². The van der Waals surface area contributed by atoms with Crippen LogP contribution in [0.4, 0.5) is 13.2 Å². The van der Waals surface area contributed by atoms with Gasteiger partial charge in [0.1, 0.15) is 0 Å². The van der Waals surface area contributed by atoms with E-state index < -0.39 is 12.1 Å². The molecule has 0 radical (unpaired) electrons. The van der Waals surface area contributed by atoms with E-state index in [1.807, 2.05) is 18.5 Å². The molecule has 1 aliphatic rings. The highest BCUT2D eigenvalue weighted by atomic mass is 79.9. The maximum Gasteiger partial charge on any atom is 0.391 e. The Labute approximate surface area is 130 Å². The van der Waals surface area contributed by atoms with E-state index in [9.17, 15) is 13.2 Å². The van der Waals surface area contributed by atoms with Gasteiger partial charge in [0.2, 0.25) is 0 Å². The van der Waals surface area contributed by atoms with Crippen molar-refractivity contribution < 1.29 is 13.2 Å². The van der Waals surface area contributed by atoms with Crippen molar-refractivity contribution in [1.82, 2.24) is 5.32 Å². The van der Waals surface area contributed by atoms with Crippen molar-refractivity contribution in [2.45, 2.75) is 44.3 Å². The third-order valence-corrected chi connectivity index (χ3v) is 6.16. The smallest absolute Gasteiger partial charge is 0.316 e. The summed E-state index contributed by atoms with van der Waals surface area (Å²) < 4.78 is 39.8. The van der Waals surface area contributed by atoms with Gasteiger partial charge in [-0.1, -0.05) is 6.42 Å². The van der Waals surface area contributed by atoms with Gasteiger partial charge in [-0.15, -0.1) is 11.3 Å². The van der Waals surface area contributed by atoms with Crippen LogP contribution in [-0.4, -0.2) is 19.3 Å². The second kappa shape index (κ2) is 6.79. The van der Waals surface area contributed by atoms with E-state index in [1.165, 1.54) is 4.88 Å². The lowest BCUT2D eigenvalue weighted by Gasteiger charge is -2.35. The summed E-state index contributed by atoms with van der Waals surface area (Å²) in [5, 5.41) is 5.23. The van der Waals surface area contributed by atoms with Crippen LogP contribution in [-0.2, 0) is 6.42 Å². The van der Waals surface area contributed by atoms with Crippen molar-refractivity contribution in [2.24, 2.45) is 11.8 Å². The van der Waals surface area contributed by atoms with Gasteiger partial charge in [0.15, 0.2) is 0 Å². The molecule has 1 heterocycles. The molecule has 0 aromatic carbocycles. The molecule has 1 nitrogen and oxygen atoms in total. The molecule has 3 atom stereocenters. The minimum atomic E-state index is -4.04. The van der Waals surface area contributed by atoms with Crippen LogP contribution >= 0.6 is 27.3 Å². The average molecular weight is 370 g/mol. The van der Waals surface area contributed by atoms with Crippen LogP contribution in [0.1, 0.15) is 30.6 Å². The number of hydrogen-bond acceptors (Lipinski definition) is 2. The zero-order valence-electron chi connectivity index (χ0n) is 11.3. The third-order valence-electron chi connectivity index (χ3n) is 4.21. The Morgan fingerprint density at radius 3 is 2.75 bits per heavy atom. The van der Waals surface area contributed by atoms with Gasteiger partial charge in [0, 0.05) is 15.4 Å². The van der Waals surface area contributed by atoms with Crippen LogP contribution in [0.15, 0.2) is 15.9 Å². The SMILES string of the molecule is CNC(Cc1sccc1Br)C1CCCC(C(F)(F)F)C1. The number of alkyl halides is 3. The molecule has 3 unspecified atom stereocenters. The van der Waals surface area contributed by atoms with Crippen LogP contribution in [0.5, 0.6) is 0 Å². The van der Waals surface area contributed by atoms with E-state index in [0.717, 1.165) is 17.3 Å². The van der Waals surface area contributed by atoms with Gasteiger partial charge >= 0.3 is 6.18 Å². The van der Waals surface area contributed by atoms with Crippen LogP contribution in [0, 0.1) is 11.8 Å². The molecule has 0 saturated heterocycles. The Morgan fingerprint density at radius 2 is 2.20 bits per heavy atom. The summed E-state index contributed by atoms with van der Waals surface area (Å²) in [5.74, 6) is -1.02. The Balaban J connectivity index is 2.02. The van der Waals surface area contributed by atoms with Crippen molar-refractivity contribution in [3.05, 3.63) is 20.8 Å². The van der Waals surface area contributed by atoms with E-state index in [4.69, 9.17) is 0 Å². The lowest BCUT2D eigenvalue weighted by molar-refractivity contribution is -0.186. The van der Waals surface area contributed by atoms with Crippen LogP contribution in [0.3, 0.4) is 0 Å². The van der Waals surface area contributed by atoms with Gasteiger partial charge in [0.05, 0.1) is 5.92 Å². The summed E-state index contributed by atoms with van der Waals surface area (Å²) in [5.41, 5.74) is 0. The summed E-state index contributed by atoms with van der Waals surface area (Å²) >= 11 is 5.15. The second-order valence-electron chi connectivity index (χ2n) is 5.46. The molecule has 1 aromatic rings. The highest BCUT2D eigenvalue weighted by molar-refractivity contribution is 9.10. The first kappa shape index (κ1) is 16.3. The maximum absolute atomic E-state index is 12.9. The topological polar surface area (TPSA) is 12.0 Å². The second-order valence-corrected chi connectivity index (χ2v) is 7.31. The van der Waals surface area contributed by atoms with Crippen molar-refractivity contribution in [3.8, 4) is 0 Å². The Morgan fingerprint density at radius 1 is 1.45 bits per heavy atom. The van der Waals surface area contributed by atoms with E-state index in [1.54, 1.807) is 11.3 Å². The molecule has 0 aliphatic heterocycles. The predicted octanol–water partition coefficient (Wildman–Crippen LogP) is 5.01. The highest BCUT2D eigenvalue weighted by Gasteiger charge is 2.43. The quantitative estimate of drug-likeness (QED) is 0.786. The molecule has 1 aliphatic carbocycles. The largest absolute Gasteiger partial charge is 0.391 e. The minimum Gasteiger partial charge on any atom is -0.316 e. The first-order valence-electron chi connectivity index (χ1n) is 6.87. The summed E-state index contributed by atoms with van der Waals surface area (Å²) in [6.07, 6.45) is -1.12. The molecule has 0 bridgehead atoms. The fraction of sp³-hybridized carbons (Fsp3) is 0.714. The Bertz CT molecular complexity index is 432. The van der Waals surface area contributed by atoms with E-state index >= 15 is 0 Å². The minimum absolute atomic E-state index is 0.106. The standard InChI is InChI=1S/C14H19BrF3NS/c1-19-12(8-13-11(15)5-6-20-13)9-3-2-4-10(7-9)14(16,17)18/h5-6,9-10,12,19H,2-4,7-8H2,1H3. The lowest BCUT2D eigenvalue weighted by Crippen LogP contribution is -2.40. The average Bonchev–Trinajstić information content (AvgIpc) is 2.80. The first-order chi connectivity index (χ1) is 9.41. The van der Waals surface area contributed by atoms with Crippen LogP contribution in [0.25, 0.3) is 0 Å². The molecule has 1 saturated carbocycles. The molecule has 0 amide bonds. The molecule has 2 rings (SSSR count). The summed E-state index contributed by atoms with van der Waals surface area (Å²) in [6, 6.07) is 2.11. The first-order valence-corrected chi connectivity index (χ1v) is 8.55. The molecule has 20 heavy (non-hydrogen) atoms. The fourth-order valence-electron chi connectivity index (χ4n) is 3.07. The van der Waals surface area contributed by atoms with E-state index in [2.05, 4.69) is 21.2 Å². The van der Waals surface area contributed by atoms with Gasteiger partial charge in [0.25, 0.3) is 0 Å². The monoisotopic (exact) mass is 369 g/mol. The predicted molar refractivity (Wildman–Crippen MR) is 80.1 cm³/mol. The summed E-state index contributed by atoms with van der Waals surface area (Å²) in [6.45, 7) is 0. The molecular weight excluding hydrogens is 351 g/mol. The van der Waals surface area contributed by atoms with Gasteiger partial charge in [-0.05, 0) is 66.0 Å². The molecule has 6 heteroatoms. The highest BCUT2D eigenvalue weighted by Crippen LogP contribution is 2.41. The maximum atomic E-state index is 12.9. The summed E-state index contributed by atoms with van der Waals surface area (Å²) in [7, 11) is 1.85. The van der Waals surface area contributed by atoms with Gasteiger partial charge in [-0.2, -0.15) is 13.2 Å². The molecule has 1 N–H and O–H groups in total. The summed E-state index contributed by atoms with van der Waals surface area (Å²) in [4.78, 5) is 1.21. The number of halogens is 4. The third kappa shape index (κ3) is 3.98. The number of nitrogens with one attached hydrogen (secondary N) is 1. The van der Waals surface area contributed by atoms with Gasteiger partial charge in [-0.25, -0.2) is 0 Å². The zero-order chi connectivity index (χ0) is 14.8. The van der Waals surface area contributed by atoms with Crippen LogP contribution < -0.4 is 5.32 Å². The van der Waals surface area contributed by atoms with Crippen molar-refractivity contribution >= 4 is 27.3 Å². The lowest BCUT2D eigenvalue weighted by atomic mass is 9.76.